The van der Waals surface area contributed by atoms with Crippen molar-refractivity contribution in [3.63, 3.8) is 0 Å². The molecule has 0 aliphatic carbocycles. The van der Waals surface area contributed by atoms with E-state index in [-0.39, 0.29) is 0 Å². The van der Waals surface area contributed by atoms with Crippen molar-refractivity contribution in [3.8, 4) is 0 Å². The lowest BCUT2D eigenvalue weighted by Gasteiger charge is -1.76. The Morgan fingerprint density at radius 3 is 2.57 bits per heavy atom. The van der Waals surface area contributed by atoms with Gasteiger partial charge in [-0.1, -0.05) is 24.6 Å². The topological polar surface area (TPSA) is 17.1 Å². The van der Waals surface area contributed by atoms with Crippen molar-refractivity contribution in [2.45, 2.75) is 13.3 Å². The van der Waals surface area contributed by atoms with Crippen LogP contribution in [0.1, 0.15) is 13.3 Å². The van der Waals surface area contributed by atoms with Gasteiger partial charge < -0.3 is 0 Å². The van der Waals surface area contributed by atoms with Crippen LogP contribution in [0.2, 0.25) is 0 Å². The van der Waals surface area contributed by atoms with Gasteiger partial charge in [-0.3, -0.25) is 4.79 Å². The Morgan fingerprint density at radius 1 is 1.86 bits per heavy atom. The number of carbonyl (C=O) groups excluding carboxylic acids is 1. The summed E-state index contributed by atoms with van der Waals surface area (Å²) in [7, 11) is 0. The molecule has 0 radical (unpaired) electrons. The maximum absolute atomic E-state index is 9.69. The minimum absolute atomic E-state index is 0.294. The van der Waals surface area contributed by atoms with Crippen molar-refractivity contribution < 1.29 is 4.79 Å². The van der Waals surface area contributed by atoms with Gasteiger partial charge in [0, 0.05) is 0 Å². The smallest absolute Gasteiger partial charge is 0.161 e. The summed E-state index contributed by atoms with van der Waals surface area (Å²) >= 11 is 5.26. The van der Waals surface area contributed by atoms with Crippen LogP contribution in [0.3, 0.4) is 0 Å². The van der Waals surface area contributed by atoms with E-state index >= 15 is 0 Å². The van der Waals surface area contributed by atoms with Crippen LogP contribution < -0.4 is 0 Å². The zero-order valence-corrected chi connectivity index (χ0v) is 4.90. The average Bonchev–Trinajstić information content (AvgIpc) is 1.68. The quantitative estimate of drug-likeness (QED) is 0.399. The third-order valence-electron chi connectivity index (χ3n) is 0.512. The standard InChI is InChI=1S/C5H7ClO/c1-2-3-5(6)4-7/h3-4H,2H2,1H3. The summed E-state index contributed by atoms with van der Waals surface area (Å²) in [5.41, 5.74) is 0. The van der Waals surface area contributed by atoms with Crippen molar-refractivity contribution in [2.24, 2.45) is 0 Å². The minimum atomic E-state index is 0.294. The third-order valence-corrected chi connectivity index (χ3v) is 0.755. The van der Waals surface area contributed by atoms with E-state index in [1.54, 1.807) is 6.08 Å². The molecule has 0 saturated carbocycles. The van der Waals surface area contributed by atoms with Crippen LogP contribution in [0.4, 0.5) is 0 Å². The van der Waals surface area contributed by atoms with Gasteiger partial charge in [0.25, 0.3) is 0 Å². The summed E-state index contributed by atoms with van der Waals surface area (Å²) in [6.45, 7) is 1.92. The lowest BCUT2D eigenvalue weighted by atomic mass is 10.4. The van der Waals surface area contributed by atoms with Crippen LogP contribution >= 0.6 is 11.6 Å². The first-order chi connectivity index (χ1) is 3.31. The molecule has 0 aromatic rings. The molecular weight excluding hydrogens is 112 g/mol. The highest BCUT2D eigenvalue weighted by Gasteiger charge is 1.79. The molecule has 0 amide bonds. The Bertz CT molecular complexity index is 86.1. The second kappa shape index (κ2) is 3.88. The lowest BCUT2D eigenvalue weighted by Crippen LogP contribution is -1.68. The molecule has 0 spiro atoms. The highest BCUT2D eigenvalue weighted by atomic mass is 35.5. The second-order valence-corrected chi connectivity index (χ2v) is 1.55. The number of hydrogen-bond acceptors (Lipinski definition) is 1. The van der Waals surface area contributed by atoms with Gasteiger partial charge in [-0.25, -0.2) is 0 Å². The fraction of sp³-hybridized carbons (Fsp3) is 0.400. The largest absolute Gasteiger partial charge is 0.297 e. The number of rotatable bonds is 2. The van der Waals surface area contributed by atoms with Crippen molar-refractivity contribution in [2.75, 3.05) is 0 Å². The Hall–Kier alpha value is -0.300. The molecule has 0 bridgehead atoms. The van der Waals surface area contributed by atoms with Gasteiger partial charge in [0.15, 0.2) is 6.29 Å². The van der Waals surface area contributed by atoms with Gasteiger partial charge in [0.05, 0.1) is 5.03 Å². The molecule has 0 N–H and O–H groups in total. The third kappa shape index (κ3) is 3.53. The van der Waals surface area contributed by atoms with Gasteiger partial charge >= 0.3 is 0 Å². The molecule has 7 heavy (non-hydrogen) atoms. The van der Waals surface area contributed by atoms with Crippen LogP contribution in [0, 0.1) is 0 Å². The van der Waals surface area contributed by atoms with Crippen LogP contribution in [0.15, 0.2) is 11.1 Å². The van der Waals surface area contributed by atoms with E-state index in [0.717, 1.165) is 6.42 Å². The summed E-state index contributed by atoms with van der Waals surface area (Å²) in [6, 6.07) is 0. The van der Waals surface area contributed by atoms with Gasteiger partial charge in [-0.15, -0.1) is 0 Å². The van der Waals surface area contributed by atoms with E-state index < -0.39 is 0 Å². The van der Waals surface area contributed by atoms with Crippen LogP contribution in [0.25, 0.3) is 0 Å². The molecule has 0 saturated heterocycles. The predicted octanol–water partition coefficient (Wildman–Crippen LogP) is 1.72. The normalized spacial score (nSPS) is 11.4. The van der Waals surface area contributed by atoms with Gasteiger partial charge in [-0.2, -0.15) is 0 Å². The summed E-state index contributed by atoms with van der Waals surface area (Å²) in [6.07, 6.45) is 3.11. The van der Waals surface area contributed by atoms with Crippen molar-refractivity contribution in [1.82, 2.24) is 0 Å². The average molecular weight is 119 g/mol. The summed E-state index contributed by atoms with van der Waals surface area (Å²) < 4.78 is 0. The molecule has 40 valence electrons. The summed E-state index contributed by atoms with van der Waals surface area (Å²) in [5.74, 6) is 0. The molecule has 0 atom stereocenters. The predicted molar refractivity (Wildman–Crippen MR) is 30.3 cm³/mol. The molecule has 0 fully saturated rings. The molecule has 2 heteroatoms. The number of halogens is 1. The second-order valence-electron chi connectivity index (χ2n) is 1.12. The fourth-order valence-corrected chi connectivity index (χ4v) is 0.397. The number of carbonyl (C=O) groups is 1. The molecule has 1 nitrogen and oxygen atoms in total. The lowest BCUT2D eigenvalue weighted by molar-refractivity contribution is -0.104. The van der Waals surface area contributed by atoms with E-state index in [2.05, 4.69) is 0 Å². The van der Waals surface area contributed by atoms with E-state index in [9.17, 15) is 4.79 Å². The van der Waals surface area contributed by atoms with E-state index in [1.165, 1.54) is 0 Å². The monoisotopic (exact) mass is 118 g/mol. The SMILES string of the molecule is CCC=C(Cl)C=O. The van der Waals surface area contributed by atoms with Crippen LogP contribution in [-0.4, -0.2) is 6.29 Å². The van der Waals surface area contributed by atoms with E-state index in [4.69, 9.17) is 11.6 Å². The van der Waals surface area contributed by atoms with Crippen LogP contribution in [0.5, 0.6) is 0 Å². The van der Waals surface area contributed by atoms with Gasteiger partial charge in [0.1, 0.15) is 0 Å². The summed E-state index contributed by atoms with van der Waals surface area (Å²) in [5, 5.41) is 0.294. The maximum Gasteiger partial charge on any atom is 0.161 e. The highest BCUT2D eigenvalue weighted by molar-refractivity contribution is 6.38. The first-order valence-electron chi connectivity index (χ1n) is 2.12. The maximum atomic E-state index is 9.69. The van der Waals surface area contributed by atoms with E-state index in [1.807, 2.05) is 6.92 Å². The first-order valence-corrected chi connectivity index (χ1v) is 2.50. The number of hydrogen-bond donors (Lipinski definition) is 0. The molecule has 0 aromatic heterocycles. The number of aldehydes is 1. The molecular formula is C5H7ClO. The Balaban J connectivity index is 3.49. The fourth-order valence-electron chi connectivity index (χ4n) is 0.243. The molecule has 0 aromatic carbocycles. The minimum Gasteiger partial charge on any atom is -0.297 e. The molecule has 0 heterocycles. The Labute approximate surface area is 48.0 Å². The molecule has 0 rings (SSSR count). The van der Waals surface area contributed by atoms with Gasteiger partial charge in [-0.05, 0) is 6.42 Å². The molecule has 0 aliphatic heterocycles. The summed E-state index contributed by atoms with van der Waals surface area (Å²) in [4.78, 5) is 9.69. The van der Waals surface area contributed by atoms with Crippen molar-refractivity contribution in [1.29, 1.82) is 0 Å². The first kappa shape index (κ1) is 6.70. The zero-order chi connectivity index (χ0) is 5.70. The Kier molecular flexibility index (Phi) is 3.71. The van der Waals surface area contributed by atoms with Crippen LogP contribution in [-0.2, 0) is 4.79 Å². The highest BCUT2D eigenvalue weighted by Crippen LogP contribution is 1.95. The van der Waals surface area contributed by atoms with Crippen molar-refractivity contribution in [3.05, 3.63) is 11.1 Å². The molecule has 0 unspecified atom stereocenters. The zero-order valence-electron chi connectivity index (χ0n) is 4.15. The van der Waals surface area contributed by atoms with Crippen molar-refractivity contribution >= 4 is 17.9 Å². The molecule has 0 aliphatic rings. The Morgan fingerprint density at radius 2 is 2.43 bits per heavy atom. The number of allylic oxidation sites excluding steroid dienone is 2. The van der Waals surface area contributed by atoms with E-state index in [0.29, 0.717) is 11.3 Å². The van der Waals surface area contributed by atoms with Gasteiger partial charge in [0.2, 0.25) is 0 Å².